The Hall–Kier alpha value is -1.81. The number of nitrogens with one attached hydrogen (secondary N) is 1. The van der Waals surface area contributed by atoms with Gasteiger partial charge in [0.25, 0.3) is 0 Å². The van der Waals surface area contributed by atoms with Crippen molar-refractivity contribution in [1.29, 1.82) is 5.26 Å². The third kappa shape index (κ3) is 4.43. The minimum Gasteiger partial charge on any atom is -0.400 e. The van der Waals surface area contributed by atoms with Crippen molar-refractivity contribution in [3.8, 4) is 6.07 Å². The summed E-state index contributed by atoms with van der Waals surface area (Å²) in [7, 11) is -0.578. The highest BCUT2D eigenvalue weighted by molar-refractivity contribution is 6.56. The van der Waals surface area contributed by atoms with Crippen LogP contribution in [0.3, 0.4) is 0 Å². The smallest absolute Gasteiger partial charge is 0.400 e. The molecule has 0 aromatic heterocycles. The Labute approximate surface area is 154 Å². The average molecular weight is 361 g/mol. The third-order valence-corrected chi connectivity index (χ3v) is 4.88. The minimum absolute atomic E-state index is 0.139. The monoisotopic (exact) mass is 360 g/mol. The second-order valence-electron chi connectivity index (χ2n) is 7.07. The van der Waals surface area contributed by atoms with Gasteiger partial charge in [0.1, 0.15) is 6.07 Å². The fourth-order valence-electron chi connectivity index (χ4n) is 2.35. The van der Waals surface area contributed by atoms with Crippen molar-refractivity contribution in [2.75, 3.05) is 6.54 Å². The Balaban J connectivity index is 2.35. The number of nitriles is 1. The molecule has 0 radical (unpaired) electrons. The van der Waals surface area contributed by atoms with Crippen molar-refractivity contribution in [3.05, 3.63) is 39.8 Å². The third-order valence-electron chi connectivity index (χ3n) is 4.56. The fourth-order valence-corrected chi connectivity index (χ4v) is 2.58. The molecule has 1 fully saturated rings. The standard InChI is InChI=1S/C18H22BClN2O3/c1-12(23)22-11-15(19-24-17(2,3)18(4,5)25-19)8-13-6-7-14(10-21)16(20)9-13/h6-9H,11H2,1-5H3,(H,22,23). The van der Waals surface area contributed by atoms with E-state index in [0.717, 1.165) is 11.0 Å². The van der Waals surface area contributed by atoms with E-state index in [1.54, 1.807) is 18.2 Å². The van der Waals surface area contributed by atoms with Crippen LogP contribution in [0.15, 0.2) is 23.7 Å². The molecule has 5 nitrogen and oxygen atoms in total. The number of nitrogens with zero attached hydrogens (tertiary/aromatic N) is 1. The zero-order valence-corrected chi connectivity index (χ0v) is 15.9. The van der Waals surface area contributed by atoms with Gasteiger partial charge in [0.2, 0.25) is 5.91 Å². The first-order chi connectivity index (χ1) is 11.6. The predicted octanol–water partition coefficient (Wildman–Crippen LogP) is 3.36. The summed E-state index contributed by atoms with van der Waals surface area (Å²) < 4.78 is 12.2. The van der Waals surface area contributed by atoms with Gasteiger partial charge in [-0.25, -0.2) is 0 Å². The zero-order valence-electron chi connectivity index (χ0n) is 15.1. The molecule has 0 spiro atoms. The minimum atomic E-state index is -0.578. The first-order valence-corrected chi connectivity index (χ1v) is 8.44. The molecular weight excluding hydrogens is 338 g/mol. The molecule has 1 amide bonds. The highest BCUT2D eigenvalue weighted by Crippen LogP contribution is 2.38. The van der Waals surface area contributed by atoms with E-state index in [2.05, 4.69) is 5.32 Å². The molecule has 1 N–H and O–H groups in total. The molecule has 0 atom stereocenters. The van der Waals surface area contributed by atoms with Crippen LogP contribution in [0.5, 0.6) is 0 Å². The number of carbonyl (C=O) groups excluding carboxylic acids is 1. The lowest BCUT2D eigenvalue weighted by Gasteiger charge is -2.32. The first kappa shape index (κ1) is 19.5. The van der Waals surface area contributed by atoms with E-state index in [1.807, 2.05) is 39.8 Å². The van der Waals surface area contributed by atoms with E-state index in [1.165, 1.54) is 6.92 Å². The van der Waals surface area contributed by atoms with Crippen molar-refractivity contribution >= 4 is 30.7 Å². The molecule has 0 unspecified atom stereocenters. The lowest BCUT2D eigenvalue weighted by molar-refractivity contribution is -0.118. The van der Waals surface area contributed by atoms with Crippen molar-refractivity contribution < 1.29 is 14.1 Å². The molecule has 0 aliphatic carbocycles. The van der Waals surface area contributed by atoms with Crippen LogP contribution in [0.2, 0.25) is 5.02 Å². The Morgan fingerprint density at radius 3 is 2.40 bits per heavy atom. The van der Waals surface area contributed by atoms with Gasteiger partial charge in [-0.05, 0) is 50.9 Å². The Bertz CT molecular complexity index is 737. The van der Waals surface area contributed by atoms with Crippen LogP contribution < -0.4 is 5.32 Å². The summed E-state index contributed by atoms with van der Waals surface area (Å²) in [6, 6.07) is 7.20. The molecule has 2 rings (SSSR count). The molecule has 1 aromatic rings. The second kappa shape index (κ2) is 7.21. The van der Waals surface area contributed by atoms with Gasteiger partial charge in [-0.3, -0.25) is 4.79 Å². The summed E-state index contributed by atoms with van der Waals surface area (Å²) in [4.78, 5) is 11.3. The van der Waals surface area contributed by atoms with Crippen LogP contribution in [0.25, 0.3) is 6.08 Å². The highest BCUT2D eigenvalue weighted by Gasteiger charge is 2.52. The lowest BCUT2D eigenvalue weighted by atomic mass is 9.77. The topological polar surface area (TPSA) is 71.4 Å². The van der Waals surface area contributed by atoms with Crippen LogP contribution in [0, 0.1) is 11.3 Å². The van der Waals surface area contributed by atoms with Gasteiger partial charge in [0, 0.05) is 13.5 Å². The molecule has 1 heterocycles. The summed E-state index contributed by atoms with van der Waals surface area (Å²) in [6.07, 6.45) is 1.87. The first-order valence-electron chi connectivity index (χ1n) is 8.06. The molecule has 0 bridgehead atoms. The highest BCUT2D eigenvalue weighted by atomic mass is 35.5. The van der Waals surface area contributed by atoms with Gasteiger partial charge >= 0.3 is 7.12 Å². The largest absolute Gasteiger partial charge is 0.492 e. The van der Waals surface area contributed by atoms with Crippen LogP contribution in [-0.4, -0.2) is 30.8 Å². The number of amides is 1. The Morgan fingerprint density at radius 2 is 1.92 bits per heavy atom. The molecule has 1 aliphatic heterocycles. The van der Waals surface area contributed by atoms with Gasteiger partial charge in [0.15, 0.2) is 0 Å². The van der Waals surface area contributed by atoms with E-state index in [0.29, 0.717) is 17.1 Å². The predicted molar refractivity (Wildman–Crippen MR) is 98.9 cm³/mol. The van der Waals surface area contributed by atoms with Crippen molar-refractivity contribution in [1.82, 2.24) is 5.32 Å². The molecule has 0 saturated carbocycles. The fraction of sp³-hybridized carbons (Fsp3) is 0.444. The van der Waals surface area contributed by atoms with Crippen LogP contribution in [0.1, 0.15) is 45.7 Å². The van der Waals surface area contributed by atoms with E-state index in [9.17, 15) is 4.79 Å². The summed E-state index contributed by atoms with van der Waals surface area (Å²) in [5, 5.41) is 12.1. The molecule has 132 valence electrons. The quantitative estimate of drug-likeness (QED) is 0.836. The number of benzene rings is 1. The van der Waals surface area contributed by atoms with Crippen LogP contribution in [-0.2, 0) is 14.1 Å². The zero-order chi connectivity index (χ0) is 18.8. The van der Waals surface area contributed by atoms with Gasteiger partial charge in [-0.15, -0.1) is 0 Å². The van der Waals surface area contributed by atoms with E-state index < -0.39 is 18.3 Å². The maximum atomic E-state index is 11.3. The molecule has 7 heteroatoms. The van der Waals surface area contributed by atoms with Gasteiger partial charge in [-0.1, -0.05) is 23.7 Å². The second-order valence-corrected chi connectivity index (χ2v) is 7.48. The summed E-state index contributed by atoms with van der Waals surface area (Å²) >= 11 is 6.11. The van der Waals surface area contributed by atoms with E-state index >= 15 is 0 Å². The number of halogens is 1. The van der Waals surface area contributed by atoms with Crippen molar-refractivity contribution in [2.45, 2.75) is 45.8 Å². The van der Waals surface area contributed by atoms with Gasteiger partial charge in [-0.2, -0.15) is 5.26 Å². The van der Waals surface area contributed by atoms with Gasteiger partial charge in [0.05, 0.1) is 21.8 Å². The Morgan fingerprint density at radius 1 is 1.32 bits per heavy atom. The van der Waals surface area contributed by atoms with Crippen molar-refractivity contribution in [3.63, 3.8) is 0 Å². The summed E-state index contributed by atoms with van der Waals surface area (Å²) in [5.74, 6) is -0.139. The lowest BCUT2D eigenvalue weighted by Crippen LogP contribution is -2.41. The molecule has 1 saturated heterocycles. The molecule has 1 aliphatic rings. The number of carbonyl (C=O) groups is 1. The van der Waals surface area contributed by atoms with E-state index in [4.69, 9.17) is 26.2 Å². The molecule has 25 heavy (non-hydrogen) atoms. The normalized spacial score (nSPS) is 18.8. The van der Waals surface area contributed by atoms with Crippen LogP contribution >= 0.6 is 11.6 Å². The van der Waals surface area contributed by atoms with Crippen LogP contribution in [0.4, 0.5) is 0 Å². The maximum absolute atomic E-state index is 11.3. The average Bonchev–Trinajstić information content (AvgIpc) is 2.71. The number of rotatable bonds is 4. The Kier molecular flexibility index (Phi) is 5.63. The molecule has 1 aromatic carbocycles. The number of hydrogen-bond donors (Lipinski definition) is 1. The van der Waals surface area contributed by atoms with Gasteiger partial charge < -0.3 is 14.6 Å². The maximum Gasteiger partial charge on any atom is 0.492 e. The summed E-state index contributed by atoms with van der Waals surface area (Å²) in [6.45, 7) is 9.65. The van der Waals surface area contributed by atoms with Crippen molar-refractivity contribution in [2.24, 2.45) is 0 Å². The SMILES string of the molecule is CC(=O)NCC(=Cc1ccc(C#N)c(Cl)c1)B1OC(C)(C)C(C)(C)O1. The summed E-state index contributed by atoms with van der Waals surface area (Å²) in [5.41, 5.74) is 1.04. The number of hydrogen-bond acceptors (Lipinski definition) is 4. The van der Waals surface area contributed by atoms with E-state index in [-0.39, 0.29) is 5.91 Å². The molecular formula is C18H22BClN2O3.